The molecule has 0 aromatic carbocycles. The molecule has 0 spiro atoms. The average molecular weight is 196 g/mol. The molecule has 2 fully saturated rings. The monoisotopic (exact) mass is 196 g/mol. The van der Waals surface area contributed by atoms with Gasteiger partial charge in [-0.2, -0.15) is 0 Å². The van der Waals surface area contributed by atoms with E-state index in [1.54, 1.807) is 0 Å². The lowest BCUT2D eigenvalue weighted by Gasteiger charge is -2.38. The lowest BCUT2D eigenvalue weighted by molar-refractivity contribution is -0.105. The molecule has 2 aliphatic carbocycles. The highest BCUT2D eigenvalue weighted by atomic mass is 16.5. The van der Waals surface area contributed by atoms with Crippen molar-refractivity contribution in [2.75, 3.05) is 0 Å². The van der Waals surface area contributed by atoms with Gasteiger partial charge in [0.15, 0.2) is 0 Å². The van der Waals surface area contributed by atoms with Gasteiger partial charge in [-0.05, 0) is 64.7 Å². The van der Waals surface area contributed by atoms with Crippen LogP contribution in [0.5, 0.6) is 0 Å². The van der Waals surface area contributed by atoms with Crippen molar-refractivity contribution in [3.8, 4) is 0 Å². The van der Waals surface area contributed by atoms with E-state index in [1.165, 1.54) is 25.7 Å². The van der Waals surface area contributed by atoms with E-state index in [4.69, 9.17) is 4.74 Å². The molecule has 0 aromatic rings. The number of ether oxygens (including phenoxy) is 1. The van der Waals surface area contributed by atoms with Crippen molar-refractivity contribution in [2.24, 2.45) is 17.8 Å². The summed E-state index contributed by atoms with van der Waals surface area (Å²) in [5, 5.41) is 0. The molecule has 1 heteroatoms. The molecule has 14 heavy (non-hydrogen) atoms. The van der Waals surface area contributed by atoms with Crippen LogP contribution in [0.2, 0.25) is 0 Å². The van der Waals surface area contributed by atoms with Gasteiger partial charge < -0.3 is 4.74 Å². The minimum absolute atomic E-state index is 0.105. The zero-order valence-electron chi connectivity index (χ0n) is 10.0. The van der Waals surface area contributed by atoms with Crippen molar-refractivity contribution in [3.63, 3.8) is 0 Å². The maximum absolute atomic E-state index is 6.07. The van der Waals surface area contributed by atoms with Crippen molar-refractivity contribution in [1.29, 1.82) is 0 Å². The van der Waals surface area contributed by atoms with Crippen molar-refractivity contribution in [1.82, 2.24) is 0 Å². The molecule has 0 heterocycles. The molecule has 2 aliphatic rings. The fraction of sp³-hybridized carbons (Fsp3) is 1.00. The van der Waals surface area contributed by atoms with Crippen LogP contribution in [0.25, 0.3) is 0 Å². The first-order chi connectivity index (χ1) is 6.49. The minimum Gasteiger partial charge on any atom is -0.373 e. The number of rotatable bonds is 3. The van der Waals surface area contributed by atoms with E-state index in [1.807, 2.05) is 0 Å². The fourth-order valence-corrected chi connectivity index (χ4v) is 3.79. The summed E-state index contributed by atoms with van der Waals surface area (Å²) in [5.41, 5.74) is 0.105. The topological polar surface area (TPSA) is 9.23 Å². The van der Waals surface area contributed by atoms with Crippen LogP contribution >= 0.6 is 0 Å². The van der Waals surface area contributed by atoms with Crippen LogP contribution < -0.4 is 0 Å². The SMILES string of the molecule is CC(C)OC(C)(C)C1CC2CCC1C2. The van der Waals surface area contributed by atoms with Crippen molar-refractivity contribution in [3.05, 3.63) is 0 Å². The van der Waals surface area contributed by atoms with Crippen LogP contribution in [0, 0.1) is 17.8 Å². The first-order valence-corrected chi connectivity index (χ1v) is 6.17. The summed E-state index contributed by atoms with van der Waals surface area (Å²) in [6.45, 7) is 8.88. The number of hydrogen-bond donors (Lipinski definition) is 0. The highest BCUT2D eigenvalue weighted by molar-refractivity contribution is 4.97. The van der Waals surface area contributed by atoms with Crippen LogP contribution in [0.4, 0.5) is 0 Å². The van der Waals surface area contributed by atoms with Crippen LogP contribution in [-0.2, 0) is 4.74 Å². The van der Waals surface area contributed by atoms with Crippen LogP contribution in [0.3, 0.4) is 0 Å². The Morgan fingerprint density at radius 1 is 1.14 bits per heavy atom. The zero-order chi connectivity index (χ0) is 10.3. The normalized spacial score (nSPS) is 37.1. The third-order valence-corrected chi connectivity index (χ3v) is 4.17. The molecule has 0 aliphatic heterocycles. The molecule has 2 saturated carbocycles. The van der Waals surface area contributed by atoms with Gasteiger partial charge in [0.25, 0.3) is 0 Å². The van der Waals surface area contributed by atoms with E-state index in [-0.39, 0.29) is 5.60 Å². The Morgan fingerprint density at radius 3 is 2.29 bits per heavy atom. The van der Waals surface area contributed by atoms with Gasteiger partial charge in [0, 0.05) is 0 Å². The highest BCUT2D eigenvalue weighted by Crippen LogP contribution is 2.52. The first kappa shape index (κ1) is 10.5. The van der Waals surface area contributed by atoms with Gasteiger partial charge in [-0.15, -0.1) is 0 Å². The Kier molecular flexibility index (Phi) is 2.63. The van der Waals surface area contributed by atoms with Crippen molar-refractivity contribution >= 4 is 0 Å². The smallest absolute Gasteiger partial charge is 0.0660 e. The summed E-state index contributed by atoms with van der Waals surface area (Å²) in [7, 11) is 0. The Labute approximate surface area is 88.2 Å². The quantitative estimate of drug-likeness (QED) is 0.670. The van der Waals surface area contributed by atoms with Crippen LogP contribution in [0.1, 0.15) is 53.4 Å². The molecule has 3 unspecified atom stereocenters. The van der Waals surface area contributed by atoms with Gasteiger partial charge in [-0.3, -0.25) is 0 Å². The van der Waals surface area contributed by atoms with Gasteiger partial charge in [0.2, 0.25) is 0 Å². The maximum atomic E-state index is 6.07. The molecule has 0 amide bonds. The molecule has 1 nitrogen and oxygen atoms in total. The molecule has 3 atom stereocenters. The predicted octanol–water partition coefficient (Wildman–Crippen LogP) is 3.63. The van der Waals surface area contributed by atoms with Crippen LogP contribution in [0.15, 0.2) is 0 Å². The predicted molar refractivity (Wildman–Crippen MR) is 59.2 cm³/mol. The molecule has 2 rings (SSSR count). The summed E-state index contributed by atoms with van der Waals surface area (Å²) in [6, 6.07) is 0. The largest absolute Gasteiger partial charge is 0.373 e. The Hall–Kier alpha value is -0.0400. The molecule has 0 saturated heterocycles. The van der Waals surface area contributed by atoms with Gasteiger partial charge in [-0.25, -0.2) is 0 Å². The van der Waals surface area contributed by atoms with E-state index in [0.29, 0.717) is 6.10 Å². The third-order valence-electron chi connectivity index (χ3n) is 4.17. The van der Waals surface area contributed by atoms with Gasteiger partial charge >= 0.3 is 0 Å². The standard InChI is InChI=1S/C13H24O/c1-9(2)14-13(3,4)12-8-10-5-6-11(12)7-10/h9-12H,5-8H2,1-4H3. The van der Waals surface area contributed by atoms with Gasteiger partial charge in [0.05, 0.1) is 11.7 Å². The first-order valence-electron chi connectivity index (χ1n) is 6.17. The van der Waals surface area contributed by atoms with E-state index >= 15 is 0 Å². The van der Waals surface area contributed by atoms with E-state index in [9.17, 15) is 0 Å². The summed E-state index contributed by atoms with van der Waals surface area (Å²) in [6.07, 6.45) is 6.21. The Morgan fingerprint density at radius 2 is 1.86 bits per heavy atom. The second-order valence-electron chi connectivity index (χ2n) is 6.05. The van der Waals surface area contributed by atoms with Gasteiger partial charge in [0.1, 0.15) is 0 Å². The molecule has 82 valence electrons. The second-order valence-corrected chi connectivity index (χ2v) is 6.05. The molecule has 2 bridgehead atoms. The molecule has 0 radical (unpaired) electrons. The van der Waals surface area contributed by atoms with E-state index in [2.05, 4.69) is 27.7 Å². The molecule has 0 aromatic heterocycles. The lowest BCUT2D eigenvalue weighted by Crippen LogP contribution is -2.39. The maximum Gasteiger partial charge on any atom is 0.0660 e. The molecule has 0 N–H and O–H groups in total. The number of hydrogen-bond acceptors (Lipinski definition) is 1. The summed E-state index contributed by atoms with van der Waals surface area (Å²) >= 11 is 0. The summed E-state index contributed by atoms with van der Waals surface area (Å²) in [5.74, 6) is 2.82. The average Bonchev–Trinajstić information content (AvgIpc) is 2.60. The second kappa shape index (κ2) is 3.52. The zero-order valence-corrected chi connectivity index (χ0v) is 10.0. The Bertz CT molecular complexity index is 207. The van der Waals surface area contributed by atoms with Crippen LogP contribution in [-0.4, -0.2) is 11.7 Å². The molecular formula is C13H24O. The van der Waals surface area contributed by atoms with Crippen molar-refractivity contribution in [2.45, 2.75) is 65.1 Å². The highest BCUT2D eigenvalue weighted by Gasteiger charge is 2.47. The summed E-state index contributed by atoms with van der Waals surface area (Å²) < 4.78 is 6.07. The summed E-state index contributed by atoms with van der Waals surface area (Å²) in [4.78, 5) is 0. The van der Waals surface area contributed by atoms with Gasteiger partial charge in [-0.1, -0.05) is 6.42 Å². The lowest BCUT2D eigenvalue weighted by atomic mass is 9.78. The van der Waals surface area contributed by atoms with Crippen molar-refractivity contribution < 1.29 is 4.74 Å². The number of fused-ring (bicyclic) bond motifs is 2. The van der Waals surface area contributed by atoms with E-state index in [0.717, 1.165) is 17.8 Å². The minimum atomic E-state index is 0.105. The van der Waals surface area contributed by atoms with E-state index < -0.39 is 0 Å². The fourth-order valence-electron chi connectivity index (χ4n) is 3.79. The third kappa shape index (κ3) is 1.84. The Balaban J connectivity index is 2.00. The molecular weight excluding hydrogens is 172 g/mol.